The van der Waals surface area contributed by atoms with Crippen LogP contribution in [0.15, 0.2) is 24.3 Å². The van der Waals surface area contributed by atoms with E-state index in [0.717, 1.165) is 16.9 Å². The third-order valence-electron chi connectivity index (χ3n) is 2.92. The molecule has 0 radical (unpaired) electrons. The number of thiazole rings is 1. The van der Waals surface area contributed by atoms with Gasteiger partial charge in [0.15, 0.2) is 5.82 Å². The van der Waals surface area contributed by atoms with E-state index in [9.17, 15) is 4.79 Å². The highest BCUT2D eigenvalue weighted by Crippen LogP contribution is 2.24. The van der Waals surface area contributed by atoms with Crippen molar-refractivity contribution in [2.24, 2.45) is 0 Å². The summed E-state index contributed by atoms with van der Waals surface area (Å²) in [5.41, 5.74) is 2.71. The van der Waals surface area contributed by atoms with E-state index in [-0.39, 0.29) is 4.88 Å². The van der Waals surface area contributed by atoms with Crippen LogP contribution in [0.1, 0.15) is 20.9 Å². The van der Waals surface area contributed by atoms with Gasteiger partial charge in [-0.2, -0.15) is 4.98 Å². The molecule has 0 saturated carbocycles. The van der Waals surface area contributed by atoms with Crippen molar-refractivity contribution in [2.45, 2.75) is 13.8 Å². The molecule has 0 atom stereocenters. The number of hydrogen-bond donors (Lipinski definition) is 1. The minimum atomic E-state index is -0.938. The first-order valence-corrected chi connectivity index (χ1v) is 6.54. The summed E-state index contributed by atoms with van der Waals surface area (Å²) in [7, 11) is 0. The number of hydrogen-bond acceptors (Lipinski definition) is 4. The Hall–Kier alpha value is -2.21. The number of carbonyl (C=O) groups is 1. The molecular formula is C13H11N3O2S. The molecule has 0 saturated heterocycles. The maximum atomic E-state index is 11.0. The highest BCUT2D eigenvalue weighted by Gasteiger charge is 2.18. The van der Waals surface area contributed by atoms with Crippen molar-refractivity contribution in [1.82, 2.24) is 14.6 Å². The standard InChI is InChI=1S/C13H11N3O2S/c1-7-3-5-9(6-4-7)11-14-13-16(15-11)8(2)10(19-13)12(17)18/h3-6H,1-2H3,(H,17,18). The number of carboxylic acids is 1. The Morgan fingerprint density at radius 1 is 1.26 bits per heavy atom. The molecule has 0 aliphatic heterocycles. The van der Waals surface area contributed by atoms with E-state index in [4.69, 9.17) is 5.11 Å². The van der Waals surface area contributed by atoms with Crippen LogP contribution in [-0.4, -0.2) is 25.7 Å². The number of carboxylic acid groups (broad SMARTS) is 1. The molecule has 6 heteroatoms. The molecule has 3 aromatic rings. The lowest BCUT2D eigenvalue weighted by molar-refractivity contribution is 0.0701. The van der Waals surface area contributed by atoms with Crippen molar-refractivity contribution in [2.75, 3.05) is 0 Å². The smallest absolute Gasteiger partial charge is 0.347 e. The third kappa shape index (κ3) is 1.90. The second kappa shape index (κ2) is 4.17. The molecule has 0 unspecified atom stereocenters. The lowest BCUT2D eigenvalue weighted by atomic mass is 10.1. The first kappa shape index (κ1) is 11.9. The van der Waals surface area contributed by atoms with E-state index >= 15 is 0 Å². The van der Waals surface area contributed by atoms with Crippen molar-refractivity contribution in [3.05, 3.63) is 40.4 Å². The summed E-state index contributed by atoms with van der Waals surface area (Å²) in [5, 5.41) is 13.4. The molecule has 0 aliphatic rings. The second-order valence-electron chi connectivity index (χ2n) is 4.32. The van der Waals surface area contributed by atoms with Crippen molar-refractivity contribution in [3.8, 4) is 11.4 Å². The largest absolute Gasteiger partial charge is 0.477 e. The zero-order chi connectivity index (χ0) is 13.6. The van der Waals surface area contributed by atoms with E-state index in [1.165, 1.54) is 5.56 Å². The number of aryl methyl sites for hydroxylation is 2. The summed E-state index contributed by atoms with van der Waals surface area (Å²) in [6.45, 7) is 3.76. The predicted molar refractivity (Wildman–Crippen MR) is 72.7 cm³/mol. The number of nitrogens with zero attached hydrogens (tertiary/aromatic N) is 3. The molecule has 0 bridgehead atoms. The Morgan fingerprint density at radius 3 is 2.53 bits per heavy atom. The first-order valence-electron chi connectivity index (χ1n) is 5.73. The fraction of sp³-hybridized carbons (Fsp3) is 0.154. The average molecular weight is 273 g/mol. The zero-order valence-corrected chi connectivity index (χ0v) is 11.2. The van der Waals surface area contributed by atoms with Gasteiger partial charge >= 0.3 is 5.97 Å². The molecule has 19 heavy (non-hydrogen) atoms. The number of rotatable bonds is 2. The maximum absolute atomic E-state index is 11.0. The van der Waals surface area contributed by atoms with Crippen molar-refractivity contribution >= 4 is 22.3 Å². The number of fused-ring (bicyclic) bond motifs is 1. The second-order valence-corrected chi connectivity index (χ2v) is 5.30. The minimum absolute atomic E-state index is 0.283. The third-order valence-corrected chi connectivity index (χ3v) is 4.04. The van der Waals surface area contributed by atoms with Gasteiger partial charge < -0.3 is 5.11 Å². The maximum Gasteiger partial charge on any atom is 0.347 e. The van der Waals surface area contributed by atoms with Gasteiger partial charge in [0.25, 0.3) is 0 Å². The van der Waals surface area contributed by atoms with Crippen molar-refractivity contribution < 1.29 is 9.90 Å². The SMILES string of the molecule is Cc1ccc(-c2nc3sc(C(=O)O)c(C)n3n2)cc1. The highest BCUT2D eigenvalue weighted by atomic mass is 32.1. The van der Waals surface area contributed by atoms with E-state index < -0.39 is 5.97 Å². The minimum Gasteiger partial charge on any atom is -0.477 e. The van der Waals surface area contributed by atoms with E-state index in [1.54, 1.807) is 11.4 Å². The normalized spacial score (nSPS) is 11.1. The van der Waals surface area contributed by atoms with Crippen LogP contribution in [0.2, 0.25) is 0 Å². The number of benzene rings is 1. The lowest BCUT2D eigenvalue weighted by Gasteiger charge is -1.96. The predicted octanol–water partition coefficient (Wildman–Crippen LogP) is 2.77. The fourth-order valence-electron chi connectivity index (χ4n) is 1.87. The Morgan fingerprint density at radius 2 is 1.95 bits per heavy atom. The number of aromatic carboxylic acids is 1. The van der Waals surface area contributed by atoms with Gasteiger partial charge in [-0.1, -0.05) is 41.2 Å². The van der Waals surface area contributed by atoms with E-state index in [0.29, 0.717) is 16.5 Å². The van der Waals surface area contributed by atoms with Crippen LogP contribution in [0.25, 0.3) is 16.3 Å². The Kier molecular flexibility index (Phi) is 2.60. The quantitative estimate of drug-likeness (QED) is 0.779. The molecule has 0 fully saturated rings. The van der Waals surface area contributed by atoms with Crippen LogP contribution in [0, 0.1) is 13.8 Å². The van der Waals surface area contributed by atoms with Crippen LogP contribution >= 0.6 is 11.3 Å². The molecule has 0 amide bonds. The number of aromatic nitrogens is 3. The van der Waals surface area contributed by atoms with Gasteiger partial charge in [-0.05, 0) is 13.8 Å². The molecule has 0 aliphatic carbocycles. The van der Waals surface area contributed by atoms with Crippen molar-refractivity contribution in [1.29, 1.82) is 0 Å². The lowest BCUT2D eigenvalue weighted by Crippen LogP contribution is -1.98. The Balaban J connectivity index is 2.13. The molecule has 2 heterocycles. The van der Waals surface area contributed by atoms with Gasteiger partial charge in [-0.3, -0.25) is 0 Å². The summed E-state index contributed by atoms with van der Waals surface area (Å²) >= 11 is 1.14. The monoisotopic (exact) mass is 273 g/mol. The van der Waals surface area contributed by atoms with Crippen LogP contribution in [0.4, 0.5) is 0 Å². The summed E-state index contributed by atoms with van der Waals surface area (Å²) in [6.07, 6.45) is 0. The summed E-state index contributed by atoms with van der Waals surface area (Å²) in [4.78, 5) is 16.3. The van der Waals surface area contributed by atoms with Crippen molar-refractivity contribution in [3.63, 3.8) is 0 Å². The molecule has 1 N–H and O–H groups in total. The summed E-state index contributed by atoms with van der Waals surface area (Å²) in [6, 6.07) is 7.92. The Labute approximate surface area is 113 Å². The van der Waals surface area contributed by atoms with Gasteiger partial charge in [0.1, 0.15) is 4.88 Å². The van der Waals surface area contributed by atoms with E-state index in [2.05, 4.69) is 10.1 Å². The highest BCUT2D eigenvalue weighted by molar-refractivity contribution is 7.18. The average Bonchev–Trinajstić information content (AvgIpc) is 2.90. The fourth-order valence-corrected chi connectivity index (χ4v) is 2.77. The van der Waals surface area contributed by atoms with Crippen LogP contribution in [0.3, 0.4) is 0 Å². The van der Waals surface area contributed by atoms with Crippen LogP contribution in [0.5, 0.6) is 0 Å². The van der Waals surface area contributed by atoms with Gasteiger partial charge in [0.2, 0.25) is 4.96 Å². The van der Waals surface area contributed by atoms with Gasteiger partial charge in [-0.15, -0.1) is 5.10 Å². The van der Waals surface area contributed by atoms with E-state index in [1.807, 2.05) is 31.2 Å². The van der Waals surface area contributed by atoms with Gasteiger partial charge in [0.05, 0.1) is 5.69 Å². The molecule has 1 aromatic carbocycles. The molecule has 5 nitrogen and oxygen atoms in total. The topological polar surface area (TPSA) is 67.5 Å². The molecular weight excluding hydrogens is 262 g/mol. The zero-order valence-electron chi connectivity index (χ0n) is 10.4. The molecule has 96 valence electrons. The first-order chi connectivity index (χ1) is 9.06. The molecule has 3 rings (SSSR count). The van der Waals surface area contributed by atoms with Crippen LogP contribution < -0.4 is 0 Å². The molecule has 0 spiro atoms. The summed E-state index contributed by atoms with van der Waals surface area (Å²) in [5.74, 6) is -0.321. The van der Waals surface area contributed by atoms with Gasteiger partial charge in [0, 0.05) is 5.56 Å². The molecule has 2 aromatic heterocycles. The van der Waals surface area contributed by atoms with Gasteiger partial charge in [-0.25, -0.2) is 9.31 Å². The Bertz CT molecular complexity index is 771. The van der Waals surface area contributed by atoms with Crippen LogP contribution in [-0.2, 0) is 0 Å². The summed E-state index contributed by atoms with van der Waals surface area (Å²) < 4.78 is 1.59.